The van der Waals surface area contributed by atoms with Gasteiger partial charge in [-0.25, -0.2) is 4.79 Å². The summed E-state index contributed by atoms with van der Waals surface area (Å²) in [5, 5.41) is 11.4. The number of carboxylic acids is 1. The first-order valence-corrected chi connectivity index (χ1v) is 6.79. The second-order valence-corrected chi connectivity index (χ2v) is 5.07. The van der Waals surface area contributed by atoms with E-state index in [1.54, 1.807) is 11.8 Å². The lowest BCUT2D eigenvalue weighted by Crippen LogP contribution is -2.47. The smallest absolute Gasteiger partial charge is 0.317 e. The van der Waals surface area contributed by atoms with Crippen LogP contribution in [0.4, 0.5) is 4.79 Å². The minimum Gasteiger partial charge on any atom is -0.481 e. The van der Waals surface area contributed by atoms with Gasteiger partial charge in [-0.1, -0.05) is 6.92 Å². The van der Waals surface area contributed by atoms with Crippen molar-refractivity contribution in [1.29, 1.82) is 0 Å². The van der Waals surface area contributed by atoms with Crippen molar-refractivity contribution in [2.24, 2.45) is 11.8 Å². The summed E-state index contributed by atoms with van der Waals surface area (Å²) in [6.07, 6.45) is 1.88. The Hall–Kier alpha value is -1.79. The minimum absolute atomic E-state index is 0.254. The highest BCUT2D eigenvalue weighted by Crippen LogP contribution is 2.17. The molecule has 0 radical (unpaired) electrons. The molecule has 0 saturated carbocycles. The standard InChI is InChI=1S/C13H22N2O5/c1-9(11(16)17)5-6-14-13(19)15-7-3-4-10(8-15)12(18)20-2/h9-10H,3-8H2,1-2H3,(H,14,19)(H,16,17). The number of piperidine rings is 1. The van der Waals surface area contributed by atoms with Gasteiger partial charge in [-0.15, -0.1) is 0 Å². The number of amides is 2. The first-order valence-electron chi connectivity index (χ1n) is 6.79. The van der Waals surface area contributed by atoms with Crippen LogP contribution in [0.1, 0.15) is 26.2 Å². The molecule has 2 amide bonds. The molecule has 20 heavy (non-hydrogen) atoms. The molecular formula is C13H22N2O5. The van der Waals surface area contributed by atoms with Gasteiger partial charge < -0.3 is 20.1 Å². The van der Waals surface area contributed by atoms with E-state index in [0.29, 0.717) is 26.1 Å². The van der Waals surface area contributed by atoms with E-state index in [1.807, 2.05) is 0 Å². The third kappa shape index (κ3) is 4.71. The topological polar surface area (TPSA) is 95.9 Å². The highest BCUT2D eigenvalue weighted by atomic mass is 16.5. The number of likely N-dealkylation sites (tertiary alicyclic amines) is 1. The van der Waals surface area contributed by atoms with Crippen LogP contribution in [0, 0.1) is 11.8 Å². The molecule has 7 nitrogen and oxygen atoms in total. The molecule has 1 saturated heterocycles. The lowest BCUT2D eigenvalue weighted by atomic mass is 9.98. The Balaban J connectivity index is 2.35. The molecule has 2 N–H and O–H groups in total. The Morgan fingerprint density at radius 3 is 2.75 bits per heavy atom. The van der Waals surface area contributed by atoms with E-state index in [9.17, 15) is 14.4 Å². The van der Waals surface area contributed by atoms with Crippen LogP contribution in [-0.4, -0.2) is 54.7 Å². The highest BCUT2D eigenvalue weighted by Gasteiger charge is 2.28. The van der Waals surface area contributed by atoms with Gasteiger partial charge in [-0.3, -0.25) is 9.59 Å². The van der Waals surface area contributed by atoms with Crippen LogP contribution in [0.3, 0.4) is 0 Å². The van der Waals surface area contributed by atoms with Crippen LogP contribution in [0.15, 0.2) is 0 Å². The van der Waals surface area contributed by atoms with Crippen molar-refractivity contribution in [3.8, 4) is 0 Å². The van der Waals surface area contributed by atoms with Crippen molar-refractivity contribution < 1.29 is 24.2 Å². The Kier molecular flexibility index (Phi) is 6.27. The summed E-state index contributed by atoms with van der Waals surface area (Å²) in [5.74, 6) is -1.91. The van der Waals surface area contributed by atoms with Gasteiger partial charge >= 0.3 is 18.0 Å². The molecular weight excluding hydrogens is 264 g/mol. The number of nitrogens with one attached hydrogen (secondary N) is 1. The van der Waals surface area contributed by atoms with Gasteiger partial charge in [0.05, 0.1) is 18.9 Å². The Labute approximate surface area is 118 Å². The number of carboxylic acid groups (broad SMARTS) is 1. The van der Waals surface area contributed by atoms with Crippen molar-refractivity contribution in [1.82, 2.24) is 10.2 Å². The largest absolute Gasteiger partial charge is 0.481 e. The van der Waals surface area contributed by atoms with Crippen LogP contribution in [0.25, 0.3) is 0 Å². The monoisotopic (exact) mass is 286 g/mol. The number of nitrogens with zero attached hydrogens (tertiary/aromatic N) is 1. The fraction of sp³-hybridized carbons (Fsp3) is 0.769. The second kappa shape index (κ2) is 7.72. The van der Waals surface area contributed by atoms with E-state index in [-0.39, 0.29) is 17.9 Å². The Morgan fingerprint density at radius 2 is 2.15 bits per heavy atom. The van der Waals surface area contributed by atoms with E-state index in [4.69, 9.17) is 9.84 Å². The maximum Gasteiger partial charge on any atom is 0.317 e. The van der Waals surface area contributed by atoms with Gasteiger partial charge in [0.1, 0.15) is 0 Å². The molecule has 7 heteroatoms. The third-order valence-electron chi connectivity index (χ3n) is 3.52. The van der Waals surface area contributed by atoms with Crippen molar-refractivity contribution >= 4 is 18.0 Å². The predicted octanol–water partition coefficient (Wildman–Crippen LogP) is 0.692. The van der Waals surface area contributed by atoms with E-state index in [0.717, 1.165) is 12.8 Å². The first-order chi connectivity index (χ1) is 9.45. The molecule has 0 aromatic heterocycles. The number of hydrogen-bond donors (Lipinski definition) is 2. The number of esters is 1. The summed E-state index contributed by atoms with van der Waals surface area (Å²) in [7, 11) is 1.34. The molecule has 1 aliphatic heterocycles. The van der Waals surface area contributed by atoms with Crippen LogP contribution in [0.2, 0.25) is 0 Å². The quantitative estimate of drug-likeness (QED) is 0.725. The molecule has 1 rings (SSSR count). The van der Waals surface area contributed by atoms with Gasteiger partial charge in [0.2, 0.25) is 0 Å². The van der Waals surface area contributed by atoms with E-state index >= 15 is 0 Å². The van der Waals surface area contributed by atoms with Crippen molar-refractivity contribution in [3.05, 3.63) is 0 Å². The maximum atomic E-state index is 11.9. The number of urea groups is 1. The number of carbonyl (C=O) groups is 3. The normalized spacial score (nSPS) is 20.1. The van der Waals surface area contributed by atoms with Gasteiger partial charge in [0.25, 0.3) is 0 Å². The molecule has 0 aromatic rings. The molecule has 0 bridgehead atoms. The number of hydrogen-bond acceptors (Lipinski definition) is 4. The number of carbonyl (C=O) groups excluding carboxylic acids is 2. The second-order valence-electron chi connectivity index (χ2n) is 5.07. The van der Waals surface area contributed by atoms with Crippen LogP contribution in [-0.2, 0) is 14.3 Å². The Bertz CT molecular complexity index is 372. The van der Waals surface area contributed by atoms with Crippen molar-refractivity contribution in [2.75, 3.05) is 26.7 Å². The fourth-order valence-corrected chi connectivity index (χ4v) is 2.15. The van der Waals surface area contributed by atoms with Crippen LogP contribution < -0.4 is 5.32 Å². The lowest BCUT2D eigenvalue weighted by Gasteiger charge is -2.31. The molecule has 1 fully saturated rings. The molecule has 0 aromatic carbocycles. The molecule has 0 spiro atoms. The van der Waals surface area contributed by atoms with Gasteiger partial charge in [0.15, 0.2) is 0 Å². The summed E-state index contributed by atoms with van der Waals surface area (Å²) < 4.78 is 4.69. The van der Waals surface area contributed by atoms with Gasteiger partial charge in [-0.2, -0.15) is 0 Å². The number of ether oxygens (including phenoxy) is 1. The summed E-state index contributed by atoms with van der Waals surface area (Å²) in [5.41, 5.74) is 0. The van der Waals surface area contributed by atoms with Crippen molar-refractivity contribution in [3.63, 3.8) is 0 Å². The predicted molar refractivity (Wildman–Crippen MR) is 71.1 cm³/mol. The number of aliphatic carboxylic acids is 1. The molecule has 0 aliphatic carbocycles. The fourth-order valence-electron chi connectivity index (χ4n) is 2.15. The van der Waals surface area contributed by atoms with Gasteiger partial charge in [-0.05, 0) is 19.3 Å². The van der Waals surface area contributed by atoms with Crippen LogP contribution in [0.5, 0.6) is 0 Å². The molecule has 2 unspecified atom stereocenters. The summed E-state index contributed by atoms with van der Waals surface area (Å²) in [4.78, 5) is 35.6. The van der Waals surface area contributed by atoms with Gasteiger partial charge in [0, 0.05) is 19.6 Å². The average molecular weight is 286 g/mol. The third-order valence-corrected chi connectivity index (χ3v) is 3.52. The molecule has 1 aliphatic rings. The molecule has 114 valence electrons. The lowest BCUT2D eigenvalue weighted by molar-refractivity contribution is -0.147. The zero-order valence-electron chi connectivity index (χ0n) is 11.9. The van der Waals surface area contributed by atoms with Crippen molar-refractivity contribution in [2.45, 2.75) is 26.2 Å². The SMILES string of the molecule is COC(=O)C1CCCN(C(=O)NCCC(C)C(=O)O)C1. The van der Waals surface area contributed by atoms with E-state index in [1.165, 1.54) is 7.11 Å². The first kappa shape index (κ1) is 16.3. The van der Waals surface area contributed by atoms with E-state index < -0.39 is 11.9 Å². The average Bonchev–Trinajstić information content (AvgIpc) is 2.46. The summed E-state index contributed by atoms with van der Waals surface area (Å²) in [6.45, 7) is 2.87. The molecule has 2 atom stereocenters. The summed E-state index contributed by atoms with van der Waals surface area (Å²) in [6, 6.07) is -0.254. The zero-order valence-corrected chi connectivity index (χ0v) is 11.9. The zero-order chi connectivity index (χ0) is 15.1. The minimum atomic E-state index is -0.872. The van der Waals surface area contributed by atoms with E-state index in [2.05, 4.69) is 5.32 Å². The number of methoxy groups -OCH3 is 1. The number of rotatable bonds is 5. The van der Waals surface area contributed by atoms with Crippen LogP contribution >= 0.6 is 0 Å². The maximum absolute atomic E-state index is 11.9. The summed E-state index contributed by atoms with van der Waals surface area (Å²) >= 11 is 0. The highest BCUT2D eigenvalue weighted by molar-refractivity contribution is 5.77. The molecule has 1 heterocycles. The Morgan fingerprint density at radius 1 is 1.45 bits per heavy atom.